The van der Waals surface area contributed by atoms with E-state index in [1.165, 1.54) is 29.5 Å². The minimum atomic E-state index is -1.03. The average Bonchev–Trinajstić information content (AvgIpc) is 3.44. The molecule has 45 heavy (non-hydrogen) atoms. The van der Waals surface area contributed by atoms with E-state index in [2.05, 4.69) is 12.8 Å². The van der Waals surface area contributed by atoms with E-state index in [1.807, 2.05) is 25.1 Å². The zero-order valence-electron chi connectivity index (χ0n) is 27.0. The second-order valence-corrected chi connectivity index (χ2v) is 16.1. The van der Waals surface area contributed by atoms with E-state index in [9.17, 15) is 30.3 Å². The number of carbonyl (C=O) groups excluding carboxylic acids is 1. The number of hydrogen-bond donors (Lipinski definition) is 5. The Morgan fingerprint density at radius 3 is 2.42 bits per heavy atom. The minimum absolute atomic E-state index is 0.0572. The normalized spacial score (nSPS) is 47.8. The van der Waals surface area contributed by atoms with Gasteiger partial charge < -0.3 is 25.5 Å². The Hall–Kier alpha value is -2.17. The lowest BCUT2D eigenvalue weighted by Gasteiger charge is -2.55. The third kappa shape index (κ3) is 4.55. The number of rotatable bonds is 1. The van der Waals surface area contributed by atoms with Crippen molar-refractivity contribution in [2.75, 3.05) is 0 Å². The van der Waals surface area contributed by atoms with Gasteiger partial charge >= 0.3 is 0 Å². The van der Waals surface area contributed by atoms with Crippen molar-refractivity contribution in [3.63, 3.8) is 0 Å². The summed E-state index contributed by atoms with van der Waals surface area (Å²) in [5, 5.41) is 51.9. The smallest absolute Gasteiger partial charge is 0.155 e. The Labute approximate surface area is 268 Å². The largest absolute Gasteiger partial charge is 0.508 e. The molecule has 8 rings (SSSR count). The number of terminal acetylenes is 1. The predicted octanol–water partition coefficient (Wildman–Crippen LogP) is 5.43. The maximum absolute atomic E-state index is 11.8. The van der Waals surface area contributed by atoms with Crippen molar-refractivity contribution >= 4 is 5.78 Å². The highest BCUT2D eigenvalue weighted by molar-refractivity contribution is 5.91. The summed E-state index contributed by atoms with van der Waals surface area (Å²) in [5.74, 6) is 6.63. The van der Waals surface area contributed by atoms with Crippen molar-refractivity contribution < 1.29 is 30.3 Å². The topological polar surface area (TPSA) is 118 Å². The third-order valence-corrected chi connectivity index (χ3v) is 14.7. The molecule has 6 nitrogen and oxygen atoms in total. The number of carbonyl (C=O) groups is 1. The second-order valence-electron chi connectivity index (χ2n) is 16.1. The van der Waals surface area contributed by atoms with Gasteiger partial charge in [-0.15, -0.1) is 6.42 Å². The first-order valence-electron chi connectivity index (χ1n) is 17.8. The lowest BCUT2D eigenvalue weighted by molar-refractivity contribution is -0.117. The molecule has 5 saturated carbocycles. The van der Waals surface area contributed by atoms with Gasteiger partial charge in [-0.3, -0.25) is 4.79 Å². The van der Waals surface area contributed by atoms with Gasteiger partial charge in [-0.1, -0.05) is 31.4 Å². The number of phenols is 1. The molecule has 5 N–H and O–H groups in total. The number of allylic oxidation sites excluding steroid dienone is 1. The van der Waals surface area contributed by atoms with E-state index < -0.39 is 29.3 Å². The summed E-state index contributed by atoms with van der Waals surface area (Å²) in [5.41, 5.74) is 2.56. The van der Waals surface area contributed by atoms with Gasteiger partial charge in [0.25, 0.3) is 0 Å². The van der Waals surface area contributed by atoms with E-state index in [-0.39, 0.29) is 17.3 Å². The van der Waals surface area contributed by atoms with Gasteiger partial charge in [0.1, 0.15) is 17.5 Å². The number of phenolic OH excluding ortho intramolecular Hbond substituents is 1. The quantitative estimate of drug-likeness (QED) is 0.269. The fourth-order valence-corrected chi connectivity index (χ4v) is 12.6. The van der Waals surface area contributed by atoms with Gasteiger partial charge in [0, 0.05) is 17.3 Å². The van der Waals surface area contributed by atoms with E-state index in [0.717, 1.165) is 70.6 Å². The Balaban J connectivity index is 0.000000145. The highest BCUT2D eigenvalue weighted by Crippen LogP contribution is 2.66. The summed E-state index contributed by atoms with van der Waals surface area (Å²) in [4.78, 5) is 11.8. The van der Waals surface area contributed by atoms with Crippen LogP contribution in [0.1, 0.15) is 108 Å². The standard InChI is InChI=1S/C21H28O2.C18H24O4/c1-3-20-11-9-17-16-8-6-15(22)13-14(16)5-7-18(17)19(20)10-12-21(20,23)4-2;1-18-7-6-12-11-5-3-10(19)8-9(11)2-4-13(12)14(18)15(20)16(21)17(18)22/h2,13,16-19,23H,3,5-12H2,1H3;3,5,8,12-17,19-22H,2,4,6-7H2,1H3/t16-,17+,18+,19-,20-,21-;12-,13-,14-,15-,16-,17+,18+/m01/s1. The molecule has 5 fully saturated rings. The van der Waals surface area contributed by atoms with Crippen LogP contribution in [0.25, 0.3) is 0 Å². The SMILES string of the molecule is C#C[C@]1(O)CC[C@H]2[C@@H]3CCC4=CC(=O)CC[C@@H]4[C@H]3CC[C@@]21CC.C[C@]12CC[C@@H]3c4ccc(O)cc4CC[C@H]3[C@@H]1[C@@H](O)[C@@H](O)[C@@H]2O. The van der Waals surface area contributed by atoms with Crippen LogP contribution in [0, 0.1) is 58.7 Å². The molecule has 0 radical (unpaired) electrons. The third-order valence-electron chi connectivity index (χ3n) is 14.7. The molecule has 0 saturated heterocycles. The van der Waals surface area contributed by atoms with Crippen molar-refractivity contribution in [2.24, 2.45) is 46.3 Å². The molecule has 1 aromatic carbocycles. The minimum Gasteiger partial charge on any atom is -0.508 e. The number of fused-ring (bicyclic) bond motifs is 10. The Bertz CT molecular complexity index is 1410. The second kappa shape index (κ2) is 11.2. The van der Waals surface area contributed by atoms with Crippen LogP contribution in [0.15, 0.2) is 29.8 Å². The van der Waals surface area contributed by atoms with Crippen molar-refractivity contribution in [1.82, 2.24) is 0 Å². The van der Waals surface area contributed by atoms with Crippen LogP contribution in [0.5, 0.6) is 5.75 Å². The van der Waals surface area contributed by atoms with Gasteiger partial charge in [0.15, 0.2) is 5.78 Å². The fourth-order valence-electron chi connectivity index (χ4n) is 12.6. The fraction of sp³-hybridized carbons (Fsp3) is 0.718. The molecule has 0 aromatic heterocycles. The molecule has 6 heteroatoms. The van der Waals surface area contributed by atoms with Crippen LogP contribution in [0.2, 0.25) is 0 Å². The van der Waals surface area contributed by atoms with Gasteiger partial charge in [-0.05, 0) is 148 Å². The Kier molecular flexibility index (Phi) is 7.84. The molecule has 1 aromatic rings. The summed E-state index contributed by atoms with van der Waals surface area (Å²) in [7, 11) is 0. The monoisotopic (exact) mass is 616 g/mol. The molecular weight excluding hydrogens is 564 g/mol. The number of hydrogen-bond acceptors (Lipinski definition) is 6. The van der Waals surface area contributed by atoms with Crippen molar-refractivity contribution in [2.45, 2.75) is 127 Å². The Morgan fingerprint density at radius 1 is 0.889 bits per heavy atom. The lowest BCUT2D eigenvalue weighted by atomic mass is 9.49. The van der Waals surface area contributed by atoms with Crippen molar-refractivity contribution in [3.05, 3.63) is 41.0 Å². The lowest BCUT2D eigenvalue weighted by Crippen LogP contribution is -2.53. The highest BCUT2D eigenvalue weighted by Gasteiger charge is 2.64. The number of ketones is 1. The summed E-state index contributed by atoms with van der Waals surface area (Å²) >= 11 is 0. The molecule has 0 amide bonds. The number of aryl methyl sites for hydroxylation is 1. The number of aromatic hydroxyl groups is 1. The molecule has 0 bridgehead atoms. The van der Waals surface area contributed by atoms with Gasteiger partial charge in [-0.25, -0.2) is 0 Å². The van der Waals surface area contributed by atoms with Crippen molar-refractivity contribution in [3.8, 4) is 18.1 Å². The first kappa shape index (κ1) is 31.4. The summed E-state index contributed by atoms with van der Waals surface area (Å²) < 4.78 is 0. The van der Waals surface area contributed by atoms with E-state index in [0.29, 0.717) is 41.1 Å². The van der Waals surface area contributed by atoms with Crippen LogP contribution >= 0.6 is 0 Å². The van der Waals surface area contributed by atoms with E-state index in [1.54, 1.807) is 6.07 Å². The van der Waals surface area contributed by atoms with Gasteiger partial charge in [-0.2, -0.15) is 0 Å². The maximum atomic E-state index is 11.8. The molecule has 13 atom stereocenters. The summed E-state index contributed by atoms with van der Waals surface area (Å²) in [6.07, 6.45) is 17.8. The van der Waals surface area contributed by atoms with Crippen LogP contribution in [0.4, 0.5) is 0 Å². The number of aliphatic hydroxyl groups excluding tert-OH is 3. The summed E-state index contributed by atoms with van der Waals surface area (Å²) in [6, 6.07) is 5.61. The van der Waals surface area contributed by atoms with E-state index in [4.69, 9.17) is 6.42 Å². The first-order chi connectivity index (χ1) is 21.5. The zero-order chi connectivity index (χ0) is 31.9. The molecule has 0 unspecified atom stereocenters. The predicted molar refractivity (Wildman–Crippen MR) is 172 cm³/mol. The van der Waals surface area contributed by atoms with Gasteiger partial charge in [0.2, 0.25) is 0 Å². The molecular formula is C39H52O6. The van der Waals surface area contributed by atoms with E-state index >= 15 is 0 Å². The molecule has 0 spiro atoms. The van der Waals surface area contributed by atoms with Crippen LogP contribution in [-0.4, -0.2) is 55.2 Å². The van der Waals surface area contributed by atoms with Crippen molar-refractivity contribution in [1.29, 1.82) is 0 Å². The molecule has 7 aliphatic carbocycles. The Morgan fingerprint density at radius 2 is 1.67 bits per heavy atom. The highest BCUT2D eigenvalue weighted by atomic mass is 16.4. The maximum Gasteiger partial charge on any atom is 0.155 e. The van der Waals surface area contributed by atoms with Gasteiger partial charge in [0.05, 0.1) is 12.2 Å². The number of aliphatic hydroxyl groups is 4. The van der Waals surface area contributed by atoms with Crippen LogP contribution in [0.3, 0.4) is 0 Å². The summed E-state index contributed by atoms with van der Waals surface area (Å²) in [6.45, 7) is 4.23. The molecule has 0 heterocycles. The zero-order valence-corrected chi connectivity index (χ0v) is 27.0. The molecule has 7 aliphatic rings. The van der Waals surface area contributed by atoms with Crippen LogP contribution < -0.4 is 0 Å². The van der Waals surface area contributed by atoms with Crippen LogP contribution in [-0.2, 0) is 11.2 Å². The first-order valence-corrected chi connectivity index (χ1v) is 17.8. The number of benzene rings is 1. The molecule has 244 valence electrons. The average molecular weight is 617 g/mol. The molecule has 0 aliphatic heterocycles.